The van der Waals surface area contributed by atoms with Gasteiger partial charge < -0.3 is 5.11 Å². The number of aryl methyl sites for hydroxylation is 1. The Kier molecular flexibility index (Phi) is 2.73. The van der Waals surface area contributed by atoms with E-state index >= 15 is 0 Å². The first-order valence-electron chi connectivity index (χ1n) is 5.15. The zero-order valence-corrected chi connectivity index (χ0v) is 9.17. The number of benzene rings is 2. The lowest BCUT2D eigenvalue weighted by Gasteiger charge is -2.12. The molecule has 2 aromatic rings. The summed E-state index contributed by atoms with van der Waals surface area (Å²) < 4.78 is 37.3. The summed E-state index contributed by atoms with van der Waals surface area (Å²) in [5.74, 6) is 0.0477. The molecule has 90 valence electrons. The van der Waals surface area contributed by atoms with Crippen molar-refractivity contribution in [2.24, 2.45) is 0 Å². The van der Waals surface area contributed by atoms with Gasteiger partial charge in [0.15, 0.2) is 0 Å². The summed E-state index contributed by atoms with van der Waals surface area (Å²) in [5.41, 5.74) is 0.659. The molecule has 0 radical (unpaired) electrons. The standard InChI is InChI=1S/C13H11F3O/c1-8-6-9(7-13(14,15)16)10-4-2-3-5-11(10)12(8)17/h2-6,17H,7H2,1H3. The average Bonchev–Trinajstić information content (AvgIpc) is 2.24. The second kappa shape index (κ2) is 3.95. The fourth-order valence-electron chi connectivity index (χ4n) is 1.95. The van der Waals surface area contributed by atoms with Crippen molar-refractivity contribution in [1.82, 2.24) is 0 Å². The quantitative estimate of drug-likeness (QED) is 0.799. The first-order valence-corrected chi connectivity index (χ1v) is 5.15. The molecular formula is C13H11F3O. The van der Waals surface area contributed by atoms with E-state index in [1.54, 1.807) is 31.2 Å². The smallest absolute Gasteiger partial charge is 0.393 e. The van der Waals surface area contributed by atoms with Crippen molar-refractivity contribution in [2.45, 2.75) is 19.5 Å². The Labute approximate surface area is 96.5 Å². The molecule has 2 aromatic carbocycles. The predicted octanol–water partition coefficient (Wildman–Crippen LogP) is 3.96. The third-order valence-electron chi connectivity index (χ3n) is 2.68. The Balaban J connectivity index is 2.67. The molecule has 0 aliphatic carbocycles. The molecule has 0 heterocycles. The highest BCUT2D eigenvalue weighted by Gasteiger charge is 2.28. The summed E-state index contributed by atoms with van der Waals surface area (Å²) in [6.07, 6.45) is -5.22. The minimum Gasteiger partial charge on any atom is -0.507 e. The van der Waals surface area contributed by atoms with Crippen molar-refractivity contribution in [2.75, 3.05) is 0 Å². The number of fused-ring (bicyclic) bond motifs is 1. The van der Waals surface area contributed by atoms with Crippen LogP contribution in [0.4, 0.5) is 13.2 Å². The minimum absolute atomic E-state index is 0.0477. The molecule has 0 saturated heterocycles. The van der Waals surface area contributed by atoms with Crippen LogP contribution in [0.5, 0.6) is 5.75 Å². The molecule has 4 heteroatoms. The summed E-state index contributed by atoms with van der Waals surface area (Å²) in [7, 11) is 0. The molecule has 0 aliphatic rings. The van der Waals surface area contributed by atoms with Crippen molar-refractivity contribution in [1.29, 1.82) is 0 Å². The minimum atomic E-state index is -4.24. The number of phenols is 1. The largest absolute Gasteiger partial charge is 0.507 e. The van der Waals surface area contributed by atoms with E-state index < -0.39 is 12.6 Å². The lowest BCUT2D eigenvalue weighted by atomic mass is 9.98. The molecule has 0 bridgehead atoms. The second-order valence-electron chi connectivity index (χ2n) is 4.04. The second-order valence-corrected chi connectivity index (χ2v) is 4.04. The molecule has 17 heavy (non-hydrogen) atoms. The summed E-state index contributed by atoms with van der Waals surface area (Å²) >= 11 is 0. The van der Waals surface area contributed by atoms with Crippen LogP contribution in [0, 0.1) is 6.92 Å². The van der Waals surface area contributed by atoms with Crippen LogP contribution in [-0.4, -0.2) is 11.3 Å². The van der Waals surface area contributed by atoms with Crippen LogP contribution >= 0.6 is 0 Å². The molecule has 1 nitrogen and oxygen atoms in total. The Morgan fingerprint density at radius 1 is 1.12 bits per heavy atom. The van der Waals surface area contributed by atoms with Crippen molar-refractivity contribution < 1.29 is 18.3 Å². The van der Waals surface area contributed by atoms with Crippen LogP contribution in [0.15, 0.2) is 30.3 Å². The highest BCUT2D eigenvalue weighted by atomic mass is 19.4. The lowest BCUT2D eigenvalue weighted by Crippen LogP contribution is -2.12. The molecule has 2 rings (SSSR count). The Morgan fingerprint density at radius 3 is 2.29 bits per heavy atom. The summed E-state index contributed by atoms with van der Waals surface area (Å²) in [6.45, 7) is 1.60. The zero-order chi connectivity index (χ0) is 12.6. The molecule has 0 fully saturated rings. The number of hydrogen-bond acceptors (Lipinski definition) is 1. The molecule has 0 aliphatic heterocycles. The lowest BCUT2D eigenvalue weighted by molar-refractivity contribution is -0.127. The third kappa shape index (κ3) is 2.35. The van der Waals surface area contributed by atoms with Crippen LogP contribution in [0.3, 0.4) is 0 Å². The van der Waals surface area contributed by atoms with Gasteiger partial charge in [-0.1, -0.05) is 30.3 Å². The molecule has 0 amide bonds. The van der Waals surface area contributed by atoms with Gasteiger partial charge in [-0.3, -0.25) is 0 Å². The van der Waals surface area contributed by atoms with Crippen molar-refractivity contribution in [3.63, 3.8) is 0 Å². The van der Waals surface area contributed by atoms with Crippen molar-refractivity contribution in [3.8, 4) is 5.75 Å². The Hall–Kier alpha value is -1.71. The van der Waals surface area contributed by atoms with Gasteiger partial charge in [-0.2, -0.15) is 13.2 Å². The summed E-state index contributed by atoms with van der Waals surface area (Å²) in [5, 5.41) is 10.7. The van der Waals surface area contributed by atoms with Crippen molar-refractivity contribution in [3.05, 3.63) is 41.5 Å². The molecule has 0 saturated carbocycles. The number of hydrogen-bond donors (Lipinski definition) is 1. The topological polar surface area (TPSA) is 20.2 Å². The third-order valence-corrected chi connectivity index (χ3v) is 2.68. The Morgan fingerprint density at radius 2 is 1.71 bits per heavy atom. The van der Waals surface area contributed by atoms with E-state index in [0.717, 1.165) is 0 Å². The number of alkyl halides is 3. The van der Waals surface area contributed by atoms with Gasteiger partial charge >= 0.3 is 6.18 Å². The fourth-order valence-corrected chi connectivity index (χ4v) is 1.95. The van der Waals surface area contributed by atoms with E-state index in [2.05, 4.69) is 0 Å². The van der Waals surface area contributed by atoms with Gasteiger partial charge in [-0.25, -0.2) is 0 Å². The van der Waals surface area contributed by atoms with Gasteiger partial charge in [0.25, 0.3) is 0 Å². The van der Waals surface area contributed by atoms with Crippen LogP contribution < -0.4 is 0 Å². The van der Waals surface area contributed by atoms with E-state index in [4.69, 9.17) is 0 Å². The Bertz CT molecular complexity index is 558. The van der Waals surface area contributed by atoms with E-state index in [1.807, 2.05) is 0 Å². The van der Waals surface area contributed by atoms with Crippen LogP contribution in [0.1, 0.15) is 11.1 Å². The SMILES string of the molecule is Cc1cc(CC(F)(F)F)c2ccccc2c1O. The highest BCUT2D eigenvalue weighted by molar-refractivity contribution is 5.92. The van der Waals surface area contributed by atoms with Gasteiger partial charge in [0, 0.05) is 5.39 Å². The average molecular weight is 240 g/mol. The normalized spacial score (nSPS) is 12.0. The van der Waals surface area contributed by atoms with E-state index in [-0.39, 0.29) is 11.3 Å². The number of aromatic hydroxyl groups is 1. The fraction of sp³-hybridized carbons (Fsp3) is 0.231. The van der Waals surface area contributed by atoms with Gasteiger partial charge in [-0.05, 0) is 23.4 Å². The molecule has 0 atom stereocenters. The zero-order valence-electron chi connectivity index (χ0n) is 9.17. The molecule has 0 spiro atoms. The monoisotopic (exact) mass is 240 g/mol. The summed E-state index contributed by atoms with van der Waals surface area (Å²) in [6, 6.07) is 7.97. The number of rotatable bonds is 1. The number of halogens is 3. The summed E-state index contributed by atoms with van der Waals surface area (Å²) in [4.78, 5) is 0. The number of phenolic OH excluding ortho intramolecular Hbond substituents is 1. The van der Waals surface area contributed by atoms with Gasteiger partial charge in [-0.15, -0.1) is 0 Å². The molecule has 0 unspecified atom stereocenters. The van der Waals surface area contributed by atoms with Crippen molar-refractivity contribution >= 4 is 10.8 Å². The first kappa shape index (κ1) is 11.8. The maximum Gasteiger partial charge on any atom is 0.393 e. The highest BCUT2D eigenvalue weighted by Crippen LogP contribution is 2.34. The van der Waals surface area contributed by atoms with Gasteiger partial charge in [0.1, 0.15) is 5.75 Å². The van der Waals surface area contributed by atoms with Crippen LogP contribution in [-0.2, 0) is 6.42 Å². The van der Waals surface area contributed by atoms with Crippen LogP contribution in [0.25, 0.3) is 10.8 Å². The molecular weight excluding hydrogens is 229 g/mol. The molecule has 1 N–H and O–H groups in total. The first-order chi connectivity index (χ1) is 7.88. The van der Waals surface area contributed by atoms with E-state index in [9.17, 15) is 18.3 Å². The maximum absolute atomic E-state index is 12.4. The van der Waals surface area contributed by atoms with Crippen LogP contribution in [0.2, 0.25) is 0 Å². The predicted molar refractivity (Wildman–Crippen MR) is 60.1 cm³/mol. The van der Waals surface area contributed by atoms with Gasteiger partial charge in [0.05, 0.1) is 6.42 Å². The maximum atomic E-state index is 12.4. The van der Waals surface area contributed by atoms with E-state index in [1.165, 1.54) is 6.07 Å². The molecule has 0 aromatic heterocycles. The van der Waals surface area contributed by atoms with E-state index in [0.29, 0.717) is 16.3 Å². The van der Waals surface area contributed by atoms with Gasteiger partial charge in [0.2, 0.25) is 0 Å².